The van der Waals surface area contributed by atoms with Gasteiger partial charge in [0.05, 0.1) is 0 Å². The Morgan fingerprint density at radius 3 is 2.29 bits per heavy atom. The fraction of sp³-hybridized carbons (Fsp3) is 0.211. The molecule has 2 atom stereocenters. The molecular weight excluding hydrogens is 260 g/mol. The van der Waals surface area contributed by atoms with Crippen molar-refractivity contribution < 1.29 is 9.53 Å². The zero-order chi connectivity index (χ0) is 14.7. The van der Waals surface area contributed by atoms with Gasteiger partial charge in [-0.1, -0.05) is 60.7 Å². The van der Waals surface area contributed by atoms with Crippen LogP contribution in [-0.4, -0.2) is 5.97 Å². The standard InChI is InChI=1S/C19H18O2/c1-14(20)21-19(12-15-8-4-2-5-9-15)18-13-17(18)16-10-6-3-7-11-16/h2-12,17-18H,13H2,1H3/b19-12-/t17-,18-/m0/s1. The van der Waals surface area contributed by atoms with Crippen LogP contribution in [0, 0.1) is 5.92 Å². The second-order valence-corrected chi connectivity index (χ2v) is 5.41. The van der Waals surface area contributed by atoms with Crippen LogP contribution in [0.25, 0.3) is 6.08 Å². The van der Waals surface area contributed by atoms with Crippen LogP contribution in [0.1, 0.15) is 30.4 Å². The normalized spacial score (nSPS) is 20.9. The Morgan fingerprint density at radius 1 is 1.05 bits per heavy atom. The van der Waals surface area contributed by atoms with Crippen molar-refractivity contribution >= 4 is 12.0 Å². The van der Waals surface area contributed by atoms with Crippen molar-refractivity contribution in [3.05, 3.63) is 77.5 Å². The second kappa shape index (κ2) is 5.96. The molecule has 2 nitrogen and oxygen atoms in total. The highest BCUT2D eigenvalue weighted by Crippen LogP contribution is 2.52. The quantitative estimate of drug-likeness (QED) is 0.612. The first-order valence-corrected chi connectivity index (χ1v) is 7.24. The second-order valence-electron chi connectivity index (χ2n) is 5.41. The summed E-state index contributed by atoms with van der Waals surface area (Å²) in [6, 6.07) is 20.4. The largest absolute Gasteiger partial charge is 0.431 e. The summed E-state index contributed by atoms with van der Waals surface area (Å²) in [6.07, 6.45) is 3.02. The predicted octanol–water partition coefficient (Wildman–Crippen LogP) is 4.39. The fourth-order valence-corrected chi connectivity index (χ4v) is 2.67. The van der Waals surface area contributed by atoms with Crippen molar-refractivity contribution in [2.24, 2.45) is 5.92 Å². The topological polar surface area (TPSA) is 26.3 Å². The first-order chi connectivity index (χ1) is 10.2. The lowest BCUT2D eigenvalue weighted by Gasteiger charge is -2.07. The molecule has 1 aliphatic rings. The molecule has 106 valence electrons. The number of rotatable bonds is 4. The molecular formula is C19H18O2. The fourth-order valence-electron chi connectivity index (χ4n) is 2.67. The summed E-state index contributed by atoms with van der Waals surface area (Å²) in [5.74, 6) is 1.29. The molecule has 1 fully saturated rings. The van der Waals surface area contributed by atoms with Gasteiger partial charge in [0, 0.05) is 12.8 Å². The van der Waals surface area contributed by atoms with E-state index in [0.29, 0.717) is 11.8 Å². The van der Waals surface area contributed by atoms with E-state index in [1.54, 1.807) is 0 Å². The van der Waals surface area contributed by atoms with Crippen molar-refractivity contribution in [1.29, 1.82) is 0 Å². The van der Waals surface area contributed by atoms with Crippen LogP contribution < -0.4 is 0 Å². The highest BCUT2D eigenvalue weighted by atomic mass is 16.5. The Morgan fingerprint density at radius 2 is 1.67 bits per heavy atom. The van der Waals surface area contributed by atoms with Gasteiger partial charge in [-0.25, -0.2) is 0 Å². The average Bonchev–Trinajstić information content (AvgIpc) is 3.29. The zero-order valence-corrected chi connectivity index (χ0v) is 12.0. The van der Waals surface area contributed by atoms with Gasteiger partial charge >= 0.3 is 5.97 Å². The SMILES string of the molecule is CC(=O)O/C(=C\c1ccccc1)[C@H]1C[C@H]1c1ccccc1. The summed E-state index contributed by atoms with van der Waals surface area (Å²) in [6.45, 7) is 1.46. The number of carbonyl (C=O) groups is 1. The Kier molecular flexibility index (Phi) is 3.87. The molecule has 0 aromatic heterocycles. The van der Waals surface area contributed by atoms with E-state index >= 15 is 0 Å². The number of benzene rings is 2. The number of hydrogen-bond donors (Lipinski definition) is 0. The average molecular weight is 278 g/mol. The molecule has 2 aromatic rings. The van der Waals surface area contributed by atoms with Gasteiger partial charge in [-0.05, 0) is 29.5 Å². The summed E-state index contributed by atoms with van der Waals surface area (Å²) in [4.78, 5) is 11.4. The summed E-state index contributed by atoms with van der Waals surface area (Å²) < 4.78 is 5.45. The van der Waals surface area contributed by atoms with Crippen molar-refractivity contribution in [3.8, 4) is 0 Å². The van der Waals surface area contributed by atoms with Crippen molar-refractivity contribution in [3.63, 3.8) is 0 Å². The molecule has 21 heavy (non-hydrogen) atoms. The van der Waals surface area contributed by atoms with E-state index in [2.05, 4.69) is 24.3 Å². The van der Waals surface area contributed by atoms with Crippen LogP contribution >= 0.6 is 0 Å². The highest BCUT2D eigenvalue weighted by Gasteiger charge is 2.42. The van der Waals surface area contributed by atoms with Gasteiger partial charge in [-0.15, -0.1) is 0 Å². The monoisotopic (exact) mass is 278 g/mol. The highest BCUT2D eigenvalue weighted by molar-refractivity contribution is 5.69. The molecule has 2 heteroatoms. The molecule has 0 spiro atoms. The van der Waals surface area contributed by atoms with E-state index in [9.17, 15) is 4.79 Å². The van der Waals surface area contributed by atoms with E-state index in [-0.39, 0.29) is 5.97 Å². The molecule has 3 rings (SSSR count). The number of carbonyl (C=O) groups excluding carboxylic acids is 1. The molecule has 0 amide bonds. The summed E-state index contributed by atoms with van der Waals surface area (Å²) >= 11 is 0. The summed E-state index contributed by atoms with van der Waals surface area (Å²) in [5, 5.41) is 0. The molecule has 1 saturated carbocycles. The summed E-state index contributed by atoms with van der Waals surface area (Å²) in [7, 11) is 0. The van der Waals surface area contributed by atoms with E-state index < -0.39 is 0 Å². The predicted molar refractivity (Wildman–Crippen MR) is 83.5 cm³/mol. The van der Waals surface area contributed by atoms with E-state index in [4.69, 9.17) is 4.74 Å². The minimum absolute atomic E-state index is 0.254. The van der Waals surface area contributed by atoms with Crippen LogP contribution in [0.5, 0.6) is 0 Å². The Balaban J connectivity index is 1.82. The number of ether oxygens (including phenoxy) is 1. The number of hydrogen-bond acceptors (Lipinski definition) is 2. The van der Waals surface area contributed by atoms with Crippen molar-refractivity contribution in [2.45, 2.75) is 19.3 Å². The number of allylic oxidation sites excluding steroid dienone is 1. The third-order valence-corrected chi connectivity index (χ3v) is 3.75. The molecule has 0 N–H and O–H groups in total. The lowest BCUT2D eigenvalue weighted by molar-refractivity contribution is -0.137. The van der Waals surface area contributed by atoms with Gasteiger partial charge < -0.3 is 4.74 Å². The van der Waals surface area contributed by atoms with Gasteiger partial charge in [0.2, 0.25) is 0 Å². The molecule has 0 heterocycles. The van der Waals surface area contributed by atoms with Gasteiger partial charge in [-0.3, -0.25) is 4.79 Å². The number of esters is 1. The maximum absolute atomic E-state index is 11.4. The molecule has 2 aromatic carbocycles. The molecule has 0 bridgehead atoms. The lowest BCUT2D eigenvalue weighted by atomic mass is 10.1. The lowest BCUT2D eigenvalue weighted by Crippen LogP contribution is -2.01. The van der Waals surface area contributed by atoms with Crippen LogP contribution in [-0.2, 0) is 9.53 Å². The Hall–Kier alpha value is -2.35. The van der Waals surface area contributed by atoms with Crippen LogP contribution in [0.3, 0.4) is 0 Å². The van der Waals surface area contributed by atoms with Crippen molar-refractivity contribution in [2.75, 3.05) is 0 Å². The third-order valence-electron chi connectivity index (χ3n) is 3.75. The molecule has 0 unspecified atom stereocenters. The first-order valence-electron chi connectivity index (χ1n) is 7.24. The molecule has 0 saturated heterocycles. The molecule has 0 radical (unpaired) electrons. The minimum Gasteiger partial charge on any atom is -0.431 e. The van der Waals surface area contributed by atoms with Gasteiger partial charge in [0.25, 0.3) is 0 Å². The van der Waals surface area contributed by atoms with E-state index in [1.807, 2.05) is 42.5 Å². The van der Waals surface area contributed by atoms with Crippen LogP contribution in [0.15, 0.2) is 66.4 Å². The Bertz CT molecular complexity index is 644. The van der Waals surface area contributed by atoms with E-state index in [1.165, 1.54) is 12.5 Å². The Labute approximate surface area is 125 Å². The van der Waals surface area contributed by atoms with Crippen molar-refractivity contribution in [1.82, 2.24) is 0 Å². The minimum atomic E-state index is -0.254. The smallest absolute Gasteiger partial charge is 0.307 e. The zero-order valence-electron chi connectivity index (χ0n) is 12.0. The summed E-state index contributed by atoms with van der Waals surface area (Å²) in [5.41, 5.74) is 2.38. The molecule has 1 aliphatic carbocycles. The first kappa shape index (κ1) is 13.6. The van der Waals surface area contributed by atoms with Crippen LogP contribution in [0.4, 0.5) is 0 Å². The third kappa shape index (κ3) is 3.40. The van der Waals surface area contributed by atoms with Gasteiger partial charge in [0.15, 0.2) is 0 Å². The maximum Gasteiger partial charge on any atom is 0.307 e. The maximum atomic E-state index is 11.4. The van der Waals surface area contributed by atoms with Crippen LogP contribution in [0.2, 0.25) is 0 Å². The van der Waals surface area contributed by atoms with Gasteiger partial charge in [-0.2, -0.15) is 0 Å². The van der Waals surface area contributed by atoms with Gasteiger partial charge in [0.1, 0.15) is 5.76 Å². The molecule has 0 aliphatic heterocycles. The van der Waals surface area contributed by atoms with E-state index in [0.717, 1.165) is 17.7 Å².